The minimum absolute atomic E-state index is 0.352. The maximum Gasteiger partial charge on any atom is 0.224 e. The first-order valence-electron chi connectivity index (χ1n) is 6.49. The van der Waals surface area contributed by atoms with E-state index in [4.69, 9.17) is 26.3 Å². The van der Waals surface area contributed by atoms with Crippen LogP contribution in [0.15, 0.2) is 24.3 Å². The van der Waals surface area contributed by atoms with Crippen LogP contribution in [0.1, 0.15) is 30.1 Å². The summed E-state index contributed by atoms with van der Waals surface area (Å²) in [6, 6.07) is 8.56. The van der Waals surface area contributed by atoms with Crippen molar-refractivity contribution in [3.63, 3.8) is 0 Å². The summed E-state index contributed by atoms with van der Waals surface area (Å²) in [6.45, 7) is 0. The Bertz CT molecular complexity index is 723. The molecule has 0 bridgehead atoms. The van der Waals surface area contributed by atoms with Crippen LogP contribution in [0.5, 0.6) is 17.4 Å². The van der Waals surface area contributed by atoms with E-state index in [1.165, 1.54) is 7.11 Å². The number of benzene rings is 1. The smallest absolute Gasteiger partial charge is 0.224 e. The zero-order valence-electron chi connectivity index (χ0n) is 11.3. The molecule has 0 radical (unpaired) electrons. The van der Waals surface area contributed by atoms with E-state index < -0.39 is 0 Å². The van der Waals surface area contributed by atoms with Crippen molar-refractivity contribution in [2.75, 3.05) is 7.11 Å². The average molecular weight is 302 g/mol. The number of hydrogen-bond donors (Lipinski definition) is 0. The third-order valence-corrected chi connectivity index (χ3v) is 3.29. The third-order valence-electron chi connectivity index (χ3n) is 3.10. The molecule has 1 aliphatic carbocycles. The molecule has 1 aromatic heterocycles. The molecule has 0 amide bonds. The quantitative estimate of drug-likeness (QED) is 0.806. The predicted octanol–water partition coefficient (Wildman–Crippen LogP) is 3.68. The topological polar surface area (TPSA) is 68.0 Å². The summed E-state index contributed by atoms with van der Waals surface area (Å²) in [5.41, 5.74) is 0.451. The van der Waals surface area contributed by atoms with Crippen LogP contribution in [-0.4, -0.2) is 17.1 Å². The van der Waals surface area contributed by atoms with Gasteiger partial charge in [0.05, 0.1) is 18.7 Å². The van der Waals surface area contributed by atoms with Gasteiger partial charge in [0.25, 0.3) is 0 Å². The summed E-state index contributed by atoms with van der Waals surface area (Å²) in [5.74, 6) is 2.48. The largest absolute Gasteiger partial charge is 0.497 e. The molecular formula is C15H12ClN3O2. The van der Waals surface area contributed by atoms with Crippen LogP contribution in [0.3, 0.4) is 0 Å². The van der Waals surface area contributed by atoms with Crippen LogP contribution in [-0.2, 0) is 0 Å². The highest BCUT2D eigenvalue weighted by Crippen LogP contribution is 2.39. The minimum atomic E-state index is 0.352. The molecule has 21 heavy (non-hydrogen) atoms. The zero-order valence-corrected chi connectivity index (χ0v) is 12.1. The van der Waals surface area contributed by atoms with Gasteiger partial charge in [-0.2, -0.15) is 10.2 Å². The van der Waals surface area contributed by atoms with Gasteiger partial charge < -0.3 is 9.47 Å². The lowest BCUT2D eigenvalue weighted by Gasteiger charge is -2.08. The van der Waals surface area contributed by atoms with E-state index >= 15 is 0 Å². The van der Waals surface area contributed by atoms with Gasteiger partial charge in [-0.15, -0.1) is 0 Å². The second kappa shape index (κ2) is 5.58. The Morgan fingerprint density at radius 3 is 2.62 bits per heavy atom. The van der Waals surface area contributed by atoms with Crippen LogP contribution < -0.4 is 9.47 Å². The highest BCUT2D eigenvalue weighted by atomic mass is 35.5. The average Bonchev–Trinajstić information content (AvgIpc) is 3.30. The Morgan fingerprint density at radius 2 is 1.95 bits per heavy atom. The molecule has 0 unspecified atom stereocenters. The zero-order chi connectivity index (χ0) is 14.8. The molecule has 106 valence electrons. The van der Waals surface area contributed by atoms with Crippen LogP contribution in [0, 0.1) is 11.3 Å². The molecule has 0 saturated heterocycles. The second-order valence-corrected chi connectivity index (χ2v) is 5.16. The van der Waals surface area contributed by atoms with E-state index in [0.29, 0.717) is 39.8 Å². The molecule has 1 aromatic carbocycles. The lowest BCUT2D eigenvalue weighted by Crippen LogP contribution is -1.97. The van der Waals surface area contributed by atoms with Crippen molar-refractivity contribution in [3.05, 3.63) is 40.8 Å². The van der Waals surface area contributed by atoms with Gasteiger partial charge in [-0.25, -0.2) is 4.98 Å². The monoisotopic (exact) mass is 301 g/mol. The summed E-state index contributed by atoms with van der Waals surface area (Å²) in [4.78, 5) is 8.56. The number of nitriles is 1. The second-order valence-electron chi connectivity index (χ2n) is 4.77. The molecule has 1 aliphatic rings. The Labute approximate surface area is 127 Å². The van der Waals surface area contributed by atoms with Crippen molar-refractivity contribution < 1.29 is 9.47 Å². The SMILES string of the molecule is COc1cc(C#N)cc(Oc2cc(Cl)nc(C3CC3)n2)c1. The number of halogens is 1. The van der Waals surface area contributed by atoms with Crippen molar-refractivity contribution in [1.29, 1.82) is 5.26 Å². The maximum atomic E-state index is 9.01. The van der Waals surface area contributed by atoms with Gasteiger partial charge in [0.1, 0.15) is 22.5 Å². The summed E-state index contributed by atoms with van der Waals surface area (Å²) < 4.78 is 10.8. The number of nitrogens with zero attached hydrogens (tertiary/aromatic N) is 3. The highest BCUT2D eigenvalue weighted by Gasteiger charge is 2.27. The van der Waals surface area contributed by atoms with Crippen molar-refractivity contribution in [3.8, 4) is 23.4 Å². The molecule has 1 heterocycles. The highest BCUT2D eigenvalue weighted by molar-refractivity contribution is 6.29. The molecule has 3 rings (SSSR count). The van der Waals surface area contributed by atoms with E-state index in [1.807, 2.05) is 0 Å². The molecule has 0 spiro atoms. The molecular weight excluding hydrogens is 290 g/mol. The van der Waals surface area contributed by atoms with Gasteiger partial charge in [0.15, 0.2) is 0 Å². The Hall–Kier alpha value is -2.32. The Morgan fingerprint density at radius 1 is 1.19 bits per heavy atom. The molecule has 5 nitrogen and oxygen atoms in total. The molecule has 0 atom stereocenters. The summed E-state index contributed by atoms with van der Waals surface area (Å²) in [6.07, 6.45) is 2.16. The standard InChI is InChI=1S/C15H12ClN3O2/c1-20-11-4-9(8-17)5-12(6-11)21-14-7-13(16)18-15(19-14)10-2-3-10/h4-7,10H,2-3H2,1H3. The van der Waals surface area contributed by atoms with Gasteiger partial charge in [0, 0.05) is 18.1 Å². The first-order chi connectivity index (χ1) is 10.2. The number of rotatable bonds is 4. The van der Waals surface area contributed by atoms with Gasteiger partial charge in [-0.05, 0) is 25.0 Å². The van der Waals surface area contributed by atoms with Crippen molar-refractivity contribution in [1.82, 2.24) is 9.97 Å². The van der Waals surface area contributed by atoms with E-state index in [1.54, 1.807) is 24.3 Å². The van der Waals surface area contributed by atoms with Crippen LogP contribution in [0.4, 0.5) is 0 Å². The molecule has 0 N–H and O–H groups in total. The molecule has 1 fully saturated rings. The fourth-order valence-corrected chi connectivity index (χ4v) is 2.10. The van der Waals surface area contributed by atoms with Crippen LogP contribution in [0.2, 0.25) is 5.15 Å². The number of methoxy groups -OCH3 is 1. The lowest BCUT2D eigenvalue weighted by atomic mass is 10.2. The van der Waals surface area contributed by atoms with Crippen LogP contribution >= 0.6 is 11.6 Å². The summed E-state index contributed by atoms with van der Waals surface area (Å²) >= 11 is 6.00. The minimum Gasteiger partial charge on any atom is -0.497 e. The molecule has 6 heteroatoms. The van der Waals surface area contributed by atoms with E-state index in [0.717, 1.165) is 12.8 Å². The normalized spacial score (nSPS) is 13.6. The Kier molecular flexibility index (Phi) is 3.63. The van der Waals surface area contributed by atoms with Crippen molar-refractivity contribution in [2.24, 2.45) is 0 Å². The third kappa shape index (κ3) is 3.23. The fourth-order valence-electron chi connectivity index (χ4n) is 1.92. The first kappa shape index (κ1) is 13.7. The summed E-state index contributed by atoms with van der Waals surface area (Å²) in [7, 11) is 1.53. The van der Waals surface area contributed by atoms with E-state index in [9.17, 15) is 0 Å². The number of hydrogen-bond acceptors (Lipinski definition) is 5. The molecule has 0 aliphatic heterocycles. The van der Waals surface area contributed by atoms with Gasteiger partial charge in [-0.1, -0.05) is 11.6 Å². The molecule has 1 saturated carbocycles. The van der Waals surface area contributed by atoms with Gasteiger partial charge in [-0.3, -0.25) is 0 Å². The van der Waals surface area contributed by atoms with Crippen molar-refractivity contribution in [2.45, 2.75) is 18.8 Å². The predicted molar refractivity (Wildman–Crippen MR) is 76.8 cm³/mol. The molecule has 2 aromatic rings. The Balaban J connectivity index is 1.91. The maximum absolute atomic E-state index is 9.01. The number of aromatic nitrogens is 2. The van der Waals surface area contributed by atoms with Gasteiger partial charge >= 0.3 is 0 Å². The summed E-state index contributed by atoms with van der Waals surface area (Å²) in [5, 5.41) is 9.36. The van der Waals surface area contributed by atoms with Crippen molar-refractivity contribution >= 4 is 11.6 Å². The van der Waals surface area contributed by atoms with Crippen LogP contribution in [0.25, 0.3) is 0 Å². The lowest BCUT2D eigenvalue weighted by molar-refractivity contribution is 0.406. The first-order valence-corrected chi connectivity index (χ1v) is 6.87. The van der Waals surface area contributed by atoms with Gasteiger partial charge in [0.2, 0.25) is 5.88 Å². The van der Waals surface area contributed by atoms with E-state index in [2.05, 4.69) is 16.0 Å². The number of ether oxygens (including phenoxy) is 2. The van der Waals surface area contributed by atoms with E-state index in [-0.39, 0.29) is 0 Å². The fraction of sp³-hybridized carbons (Fsp3) is 0.267.